The standard InChI is InChI=1S/C22H21NO7/c1-29-14-8-9-16(30-2)15(12-14)19-18(20(26)13-6-4-3-5-7-13)21(27)22(28)23(19)11-10-17(24)25/h3-9,12,19,26H,10-11H2,1-2H3,(H,24,25). The van der Waals surface area contributed by atoms with E-state index in [1.54, 1.807) is 48.5 Å². The summed E-state index contributed by atoms with van der Waals surface area (Å²) >= 11 is 0. The van der Waals surface area contributed by atoms with E-state index in [1.165, 1.54) is 14.2 Å². The maximum absolute atomic E-state index is 12.9. The number of methoxy groups -OCH3 is 2. The highest BCUT2D eigenvalue weighted by Crippen LogP contribution is 2.43. The van der Waals surface area contributed by atoms with Gasteiger partial charge in [-0.3, -0.25) is 14.4 Å². The van der Waals surface area contributed by atoms with Crippen LogP contribution in [0, 0.1) is 0 Å². The molecule has 1 unspecified atom stereocenters. The molecule has 1 aliphatic heterocycles. The van der Waals surface area contributed by atoms with Gasteiger partial charge in [-0.2, -0.15) is 0 Å². The molecule has 8 nitrogen and oxygen atoms in total. The van der Waals surface area contributed by atoms with E-state index < -0.39 is 23.7 Å². The fraction of sp³-hybridized carbons (Fsp3) is 0.227. The first kappa shape index (κ1) is 20.9. The number of carbonyl (C=O) groups is 3. The number of benzene rings is 2. The van der Waals surface area contributed by atoms with Crippen molar-refractivity contribution in [1.82, 2.24) is 4.90 Å². The number of Topliss-reactive ketones (excluding diaryl/α,β-unsaturated/α-hetero) is 1. The number of aliphatic carboxylic acids is 1. The highest BCUT2D eigenvalue weighted by atomic mass is 16.5. The first-order valence-electron chi connectivity index (χ1n) is 9.16. The quantitative estimate of drug-likeness (QED) is 0.409. The van der Waals surface area contributed by atoms with Gasteiger partial charge in [-0.25, -0.2) is 0 Å². The summed E-state index contributed by atoms with van der Waals surface area (Å²) in [5, 5.41) is 20.0. The molecule has 1 fully saturated rings. The number of likely N-dealkylation sites (tertiary alicyclic amines) is 1. The molecular weight excluding hydrogens is 390 g/mol. The Labute approximate surface area is 173 Å². The van der Waals surface area contributed by atoms with Crippen molar-refractivity contribution in [2.45, 2.75) is 12.5 Å². The number of carbonyl (C=O) groups excluding carboxylic acids is 2. The SMILES string of the molecule is COc1ccc(OC)c(C2C(=C(O)c3ccccc3)C(=O)C(=O)N2CCC(=O)O)c1. The molecule has 0 saturated carbocycles. The lowest BCUT2D eigenvalue weighted by Crippen LogP contribution is -2.32. The van der Waals surface area contributed by atoms with Gasteiger partial charge in [-0.05, 0) is 18.2 Å². The van der Waals surface area contributed by atoms with Crippen molar-refractivity contribution in [3.8, 4) is 11.5 Å². The zero-order valence-corrected chi connectivity index (χ0v) is 16.5. The zero-order chi connectivity index (χ0) is 21.8. The molecular formula is C22H21NO7. The summed E-state index contributed by atoms with van der Waals surface area (Å²) in [6.07, 6.45) is -0.360. The van der Waals surface area contributed by atoms with E-state index in [4.69, 9.17) is 14.6 Å². The van der Waals surface area contributed by atoms with Gasteiger partial charge in [0.15, 0.2) is 0 Å². The number of amides is 1. The van der Waals surface area contributed by atoms with Crippen molar-refractivity contribution in [1.29, 1.82) is 0 Å². The lowest BCUT2D eigenvalue weighted by atomic mass is 9.94. The van der Waals surface area contributed by atoms with Crippen LogP contribution in [0.4, 0.5) is 0 Å². The maximum Gasteiger partial charge on any atom is 0.305 e. The summed E-state index contributed by atoms with van der Waals surface area (Å²) in [4.78, 5) is 37.9. The Bertz CT molecular complexity index is 1010. The normalized spacial score (nSPS) is 17.8. The molecule has 1 amide bonds. The molecule has 30 heavy (non-hydrogen) atoms. The minimum Gasteiger partial charge on any atom is -0.507 e. The van der Waals surface area contributed by atoms with Crippen molar-refractivity contribution in [3.63, 3.8) is 0 Å². The van der Waals surface area contributed by atoms with Crippen LogP contribution in [0.3, 0.4) is 0 Å². The number of carboxylic acid groups (broad SMARTS) is 1. The number of aliphatic hydroxyl groups is 1. The van der Waals surface area contributed by atoms with E-state index in [0.29, 0.717) is 22.6 Å². The van der Waals surface area contributed by atoms with Crippen molar-refractivity contribution < 1.29 is 34.1 Å². The van der Waals surface area contributed by atoms with Crippen LogP contribution >= 0.6 is 0 Å². The number of carboxylic acids is 1. The second kappa shape index (κ2) is 8.69. The Morgan fingerprint density at radius 1 is 1.03 bits per heavy atom. The maximum atomic E-state index is 12.9. The van der Waals surface area contributed by atoms with Crippen LogP contribution in [0.2, 0.25) is 0 Å². The van der Waals surface area contributed by atoms with E-state index in [2.05, 4.69) is 0 Å². The van der Waals surface area contributed by atoms with Crippen LogP contribution in [0.15, 0.2) is 54.1 Å². The van der Waals surface area contributed by atoms with Crippen LogP contribution < -0.4 is 9.47 Å². The molecule has 0 radical (unpaired) electrons. The van der Waals surface area contributed by atoms with E-state index in [-0.39, 0.29) is 24.3 Å². The molecule has 3 rings (SSSR count). The average molecular weight is 411 g/mol. The van der Waals surface area contributed by atoms with E-state index in [0.717, 1.165) is 4.90 Å². The van der Waals surface area contributed by atoms with Gasteiger partial charge in [-0.1, -0.05) is 30.3 Å². The molecule has 1 aliphatic rings. The average Bonchev–Trinajstić information content (AvgIpc) is 3.01. The lowest BCUT2D eigenvalue weighted by molar-refractivity contribution is -0.142. The second-order valence-corrected chi connectivity index (χ2v) is 6.61. The van der Waals surface area contributed by atoms with Gasteiger partial charge in [0.1, 0.15) is 17.3 Å². The predicted molar refractivity (Wildman–Crippen MR) is 107 cm³/mol. The number of aliphatic hydroxyl groups excluding tert-OH is 1. The van der Waals surface area contributed by atoms with E-state index >= 15 is 0 Å². The Hall–Kier alpha value is -3.81. The molecule has 0 aliphatic carbocycles. The van der Waals surface area contributed by atoms with Gasteiger partial charge >= 0.3 is 5.97 Å². The highest BCUT2D eigenvalue weighted by molar-refractivity contribution is 6.46. The number of rotatable bonds is 7. The molecule has 0 spiro atoms. The van der Waals surface area contributed by atoms with E-state index in [1.807, 2.05) is 0 Å². The molecule has 2 aromatic rings. The summed E-state index contributed by atoms with van der Waals surface area (Å²) in [7, 11) is 2.91. The van der Waals surface area contributed by atoms with Gasteiger partial charge in [0.2, 0.25) is 0 Å². The van der Waals surface area contributed by atoms with Crippen molar-refractivity contribution in [2.24, 2.45) is 0 Å². The molecule has 1 saturated heterocycles. The lowest BCUT2D eigenvalue weighted by Gasteiger charge is -2.26. The molecule has 0 bridgehead atoms. The third kappa shape index (κ3) is 3.84. The topological polar surface area (TPSA) is 113 Å². The summed E-state index contributed by atoms with van der Waals surface area (Å²) in [5.74, 6) is -2.42. The number of ether oxygens (including phenoxy) is 2. The van der Waals surface area contributed by atoms with E-state index in [9.17, 15) is 19.5 Å². The molecule has 1 atom stereocenters. The van der Waals surface area contributed by atoms with Gasteiger partial charge < -0.3 is 24.6 Å². The Balaban J connectivity index is 2.24. The fourth-order valence-electron chi connectivity index (χ4n) is 3.45. The minimum atomic E-state index is -1.11. The number of ketones is 1. The third-order valence-electron chi connectivity index (χ3n) is 4.89. The van der Waals surface area contributed by atoms with Crippen LogP contribution in [0.1, 0.15) is 23.6 Å². The summed E-state index contributed by atoms with van der Waals surface area (Å²) in [6.45, 7) is -0.212. The van der Waals surface area contributed by atoms with Crippen LogP contribution in [0.5, 0.6) is 11.5 Å². The Morgan fingerprint density at radius 2 is 1.73 bits per heavy atom. The number of hydrogen-bond donors (Lipinski definition) is 2. The second-order valence-electron chi connectivity index (χ2n) is 6.61. The van der Waals surface area contributed by atoms with Crippen LogP contribution in [0.25, 0.3) is 5.76 Å². The minimum absolute atomic E-state index is 0.136. The van der Waals surface area contributed by atoms with Gasteiger partial charge in [-0.15, -0.1) is 0 Å². The highest BCUT2D eigenvalue weighted by Gasteiger charge is 2.47. The largest absolute Gasteiger partial charge is 0.507 e. The first-order chi connectivity index (χ1) is 14.4. The van der Waals surface area contributed by atoms with Crippen LogP contribution in [-0.2, 0) is 14.4 Å². The summed E-state index contributed by atoms with van der Waals surface area (Å²) in [5.41, 5.74) is 0.627. The fourth-order valence-corrected chi connectivity index (χ4v) is 3.45. The third-order valence-corrected chi connectivity index (χ3v) is 4.89. The number of hydrogen-bond acceptors (Lipinski definition) is 6. The van der Waals surface area contributed by atoms with Gasteiger partial charge in [0.05, 0.1) is 32.3 Å². The zero-order valence-electron chi connectivity index (χ0n) is 16.5. The molecule has 2 N–H and O–H groups in total. The van der Waals surface area contributed by atoms with Crippen molar-refractivity contribution >= 4 is 23.4 Å². The molecule has 156 valence electrons. The molecule has 1 heterocycles. The Kier molecular flexibility index (Phi) is 6.06. The van der Waals surface area contributed by atoms with Gasteiger partial charge in [0, 0.05) is 17.7 Å². The smallest absolute Gasteiger partial charge is 0.305 e. The van der Waals surface area contributed by atoms with Crippen molar-refractivity contribution in [2.75, 3.05) is 20.8 Å². The van der Waals surface area contributed by atoms with Crippen molar-refractivity contribution in [3.05, 3.63) is 65.2 Å². The van der Waals surface area contributed by atoms with Crippen LogP contribution in [-0.4, -0.2) is 53.5 Å². The monoisotopic (exact) mass is 411 g/mol. The Morgan fingerprint density at radius 3 is 2.33 bits per heavy atom. The summed E-state index contributed by atoms with van der Waals surface area (Å²) < 4.78 is 10.7. The molecule has 8 heteroatoms. The number of nitrogens with zero attached hydrogens (tertiary/aromatic N) is 1. The molecule has 2 aromatic carbocycles. The van der Waals surface area contributed by atoms with Gasteiger partial charge in [0.25, 0.3) is 11.7 Å². The molecule has 0 aromatic heterocycles. The first-order valence-corrected chi connectivity index (χ1v) is 9.16. The summed E-state index contributed by atoms with van der Waals surface area (Å²) in [6, 6.07) is 12.2. The predicted octanol–water partition coefficient (Wildman–Crippen LogP) is 2.60.